The summed E-state index contributed by atoms with van der Waals surface area (Å²) in [6.45, 7) is 0.572. The Hall–Kier alpha value is -3.37. The van der Waals surface area contributed by atoms with Gasteiger partial charge in [-0.05, 0) is 59.5 Å². The van der Waals surface area contributed by atoms with Gasteiger partial charge in [-0.15, -0.1) is 0 Å². The van der Waals surface area contributed by atoms with Crippen LogP contribution in [0.1, 0.15) is 27.9 Å². The molecule has 8 nitrogen and oxygen atoms in total. The smallest absolute Gasteiger partial charge is 0.326 e. The van der Waals surface area contributed by atoms with Crippen molar-refractivity contribution < 1.29 is 27.9 Å². The van der Waals surface area contributed by atoms with E-state index in [1.54, 1.807) is 30.3 Å². The first-order valence-electron chi connectivity index (χ1n) is 12.0. The highest BCUT2D eigenvalue weighted by atomic mass is 35.5. The predicted molar refractivity (Wildman–Crippen MR) is 150 cm³/mol. The Morgan fingerprint density at radius 1 is 1.03 bits per heavy atom. The normalized spacial score (nSPS) is 14.8. The van der Waals surface area contributed by atoms with Crippen molar-refractivity contribution in [3.05, 3.63) is 99.5 Å². The molecule has 3 aromatic carbocycles. The molecular weight excluding hydrogens is 563 g/mol. The molecule has 3 aromatic rings. The number of hydrogen-bond acceptors (Lipinski definition) is 5. The van der Waals surface area contributed by atoms with Crippen LogP contribution in [0.5, 0.6) is 5.75 Å². The van der Waals surface area contributed by atoms with E-state index in [0.717, 1.165) is 11.1 Å². The van der Waals surface area contributed by atoms with E-state index in [4.69, 9.17) is 27.9 Å². The molecule has 1 atom stereocenters. The maximum absolute atomic E-state index is 13.0. The second kappa shape index (κ2) is 12.2. The zero-order valence-electron chi connectivity index (χ0n) is 20.9. The molecule has 0 saturated heterocycles. The van der Waals surface area contributed by atoms with Gasteiger partial charge in [0.2, 0.25) is 10.0 Å². The first-order chi connectivity index (χ1) is 18.6. The van der Waals surface area contributed by atoms with Crippen LogP contribution in [0.4, 0.5) is 0 Å². The summed E-state index contributed by atoms with van der Waals surface area (Å²) < 4.78 is 32.5. The molecule has 1 aliphatic heterocycles. The lowest BCUT2D eigenvalue weighted by Gasteiger charge is -2.26. The van der Waals surface area contributed by atoms with Crippen molar-refractivity contribution in [1.29, 1.82) is 0 Å². The summed E-state index contributed by atoms with van der Waals surface area (Å²) in [6.07, 6.45) is 2.46. The van der Waals surface area contributed by atoms with Gasteiger partial charge >= 0.3 is 5.97 Å². The van der Waals surface area contributed by atoms with Crippen LogP contribution in [0.3, 0.4) is 0 Å². The summed E-state index contributed by atoms with van der Waals surface area (Å²) >= 11 is 12.2. The molecule has 0 bridgehead atoms. The largest absolute Gasteiger partial charge is 0.497 e. The van der Waals surface area contributed by atoms with Crippen molar-refractivity contribution in [1.82, 2.24) is 9.62 Å². The average Bonchev–Trinajstić information content (AvgIpc) is 2.93. The topological polar surface area (TPSA) is 113 Å². The molecule has 4 rings (SSSR count). The van der Waals surface area contributed by atoms with Gasteiger partial charge in [-0.1, -0.05) is 59.6 Å². The van der Waals surface area contributed by atoms with Gasteiger partial charge in [0.25, 0.3) is 5.91 Å². The fourth-order valence-corrected chi connectivity index (χ4v) is 6.21. The van der Waals surface area contributed by atoms with E-state index in [9.17, 15) is 23.1 Å². The van der Waals surface area contributed by atoms with E-state index in [1.807, 2.05) is 18.2 Å². The quantitative estimate of drug-likeness (QED) is 0.367. The third-order valence-electron chi connectivity index (χ3n) is 6.43. The minimum atomic E-state index is -3.63. The van der Waals surface area contributed by atoms with Crippen LogP contribution in [0, 0.1) is 0 Å². The van der Waals surface area contributed by atoms with Crippen molar-refractivity contribution in [2.24, 2.45) is 0 Å². The number of rotatable bonds is 9. The predicted octanol–water partition coefficient (Wildman–Crippen LogP) is 4.91. The molecule has 0 saturated carbocycles. The second-order valence-electron chi connectivity index (χ2n) is 8.88. The zero-order valence-corrected chi connectivity index (χ0v) is 23.3. The number of halogens is 2. The van der Waals surface area contributed by atoms with Gasteiger partial charge in [0.15, 0.2) is 0 Å². The molecule has 0 spiro atoms. The first-order valence-corrected chi connectivity index (χ1v) is 14.2. The number of aliphatic carboxylic acids is 1. The summed E-state index contributed by atoms with van der Waals surface area (Å²) in [6, 6.07) is 17.0. The Balaban J connectivity index is 1.41. The number of carboxylic acid groups (broad SMARTS) is 1. The Morgan fingerprint density at radius 3 is 2.21 bits per heavy atom. The Kier molecular flexibility index (Phi) is 8.97. The van der Waals surface area contributed by atoms with Crippen LogP contribution >= 0.6 is 23.2 Å². The highest BCUT2D eigenvalue weighted by Gasteiger charge is 2.27. The number of sulfonamides is 1. The SMILES string of the molecule is COc1ccc(S(=O)(=O)N2CC=C(c3ccc(C[C@H](NC(=O)c4c(Cl)cccc4Cl)C(=O)O)cc3)CC2)cc1. The van der Waals surface area contributed by atoms with Crippen LogP contribution in [0.15, 0.2) is 77.7 Å². The number of nitrogens with zero attached hydrogens (tertiary/aromatic N) is 1. The van der Waals surface area contributed by atoms with E-state index in [-0.39, 0.29) is 33.5 Å². The molecule has 0 radical (unpaired) electrons. The van der Waals surface area contributed by atoms with Gasteiger partial charge in [0.05, 0.1) is 27.6 Å². The van der Waals surface area contributed by atoms with E-state index < -0.39 is 27.9 Å². The van der Waals surface area contributed by atoms with Gasteiger partial charge in [0, 0.05) is 19.5 Å². The lowest BCUT2D eigenvalue weighted by molar-refractivity contribution is -0.139. The first kappa shape index (κ1) is 28.6. The highest BCUT2D eigenvalue weighted by molar-refractivity contribution is 7.89. The van der Waals surface area contributed by atoms with Crippen molar-refractivity contribution in [3.63, 3.8) is 0 Å². The Bertz CT molecular complexity index is 1490. The van der Waals surface area contributed by atoms with Gasteiger partial charge < -0.3 is 15.2 Å². The average molecular weight is 589 g/mol. The molecule has 0 aromatic heterocycles. The van der Waals surface area contributed by atoms with Crippen LogP contribution < -0.4 is 10.1 Å². The number of carbonyl (C=O) groups is 2. The molecular formula is C28H26Cl2N2O6S. The van der Waals surface area contributed by atoms with Gasteiger partial charge in [-0.25, -0.2) is 13.2 Å². The molecule has 1 aliphatic rings. The highest BCUT2D eigenvalue weighted by Crippen LogP contribution is 2.28. The number of methoxy groups -OCH3 is 1. The van der Waals surface area contributed by atoms with Gasteiger partial charge in [-0.3, -0.25) is 4.79 Å². The number of benzene rings is 3. The molecule has 2 N–H and O–H groups in total. The summed E-state index contributed by atoms with van der Waals surface area (Å²) in [5.74, 6) is -1.28. The Morgan fingerprint density at radius 2 is 1.67 bits per heavy atom. The minimum absolute atomic E-state index is 0.0229. The number of nitrogens with one attached hydrogen (secondary N) is 1. The molecule has 0 aliphatic carbocycles. The van der Waals surface area contributed by atoms with E-state index >= 15 is 0 Å². The maximum atomic E-state index is 13.0. The van der Waals surface area contributed by atoms with Crippen molar-refractivity contribution in [2.45, 2.75) is 23.8 Å². The van der Waals surface area contributed by atoms with Crippen LogP contribution in [0.2, 0.25) is 10.0 Å². The number of ether oxygens (including phenoxy) is 1. The summed E-state index contributed by atoms with van der Waals surface area (Å²) in [5, 5.41) is 12.4. The molecule has 11 heteroatoms. The van der Waals surface area contributed by atoms with Crippen molar-refractivity contribution >= 4 is 50.7 Å². The molecule has 39 heavy (non-hydrogen) atoms. The van der Waals surface area contributed by atoms with Gasteiger partial charge in [0.1, 0.15) is 11.8 Å². The van der Waals surface area contributed by atoms with Crippen LogP contribution in [-0.4, -0.2) is 55.9 Å². The van der Waals surface area contributed by atoms with Crippen molar-refractivity contribution in [3.8, 4) is 5.75 Å². The van der Waals surface area contributed by atoms with E-state index in [0.29, 0.717) is 24.3 Å². The number of amides is 1. The number of carbonyl (C=O) groups excluding carboxylic acids is 1. The van der Waals surface area contributed by atoms with Crippen LogP contribution in [0.25, 0.3) is 5.57 Å². The molecule has 0 fully saturated rings. The third kappa shape index (κ3) is 6.62. The maximum Gasteiger partial charge on any atom is 0.326 e. The van der Waals surface area contributed by atoms with Crippen LogP contribution in [-0.2, 0) is 21.2 Å². The summed E-state index contributed by atoms with van der Waals surface area (Å²) in [5.41, 5.74) is 2.64. The molecule has 1 heterocycles. The monoisotopic (exact) mass is 588 g/mol. The lowest BCUT2D eigenvalue weighted by Crippen LogP contribution is -2.42. The molecule has 1 amide bonds. The fourth-order valence-electron chi connectivity index (χ4n) is 4.26. The third-order valence-corrected chi connectivity index (χ3v) is 8.94. The molecule has 204 valence electrons. The fraction of sp³-hybridized carbons (Fsp3) is 0.214. The van der Waals surface area contributed by atoms with Crippen molar-refractivity contribution in [2.75, 3.05) is 20.2 Å². The van der Waals surface area contributed by atoms with Gasteiger partial charge in [-0.2, -0.15) is 4.31 Å². The Labute approximate surface area is 236 Å². The number of hydrogen-bond donors (Lipinski definition) is 2. The van der Waals surface area contributed by atoms with E-state index in [2.05, 4.69) is 5.32 Å². The zero-order chi connectivity index (χ0) is 28.2. The number of carboxylic acids is 1. The molecule has 0 unspecified atom stereocenters. The summed E-state index contributed by atoms with van der Waals surface area (Å²) in [7, 11) is -2.11. The standard InChI is InChI=1S/C28H26Cl2N2O6S/c1-38-21-9-11-22(12-10-21)39(36,37)32-15-13-20(14-16-32)19-7-5-18(6-8-19)17-25(28(34)35)31-27(33)26-23(29)3-2-4-24(26)30/h2-13,25H,14-17H2,1H3,(H,31,33)(H,34,35)/t25-/m0/s1. The summed E-state index contributed by atoms with van der Waals surface area (Å²) in [4.78, 5) is 24.7. The lowest BCUT2D eigenvalue weighted by atomic mass is 9.97. The van der Waals surface area contributed by atoms with E-state index in [1.165, 1.54) is 35.7 Å². The minimum Gasteiger partial charge on any atom is -0.497 e. The second-order valence-corrected chi connectivity index (χ2v) is 11.6.